The molecule has 9 N–H and O–H groups in total. The number of carbonyl (C=O) groups is 4. The molecule has 147 heavy (non-hydrogen) atoms. The van der Waals surface area contributed by atoms with Crippen molar-refractivity contribution in [3.63, 3.8) is 0 Å². The van der Waals surface area contributed by atoms with Crippen LogP contribution in [-0.4, -0.2) is 205 Å². The molecule has 2 aliphatic carbocycles. The molecule has 0 atom stereocenters. The minimum Gasteiger partial charge on any atom is -0.748 e. The van der Waals surface area contributed by atoms with Crippen molar-refractivity contribution in [1.29, 1.82) is 0 Å². The number of amides is 2. The van der Waals surface area contributed by atoms with Gasteiger partial charge in [-0.3, -0.25) is 32.6 Å². The lowest BCUT2D eigenvalue weighted by Gasteiger charge is -2.28. The highest BCUT2D eigenvalue weighted by molar-refractivity contribution is 7.94. The van der Waals surface area contributed by atoms with Gasteiger partial charge in [0.05, 0.1) is 76.4 Å². The van der Waals surface area contributed by atoms with Gasteiger partial charge in [0.15, 0.2) is 11.4 Å². The summed E-state index contributed by atoms with van der Waals surface area (Å²) < 4.78 is 217. The van der Waals surface area contributed by atoms with Crippen molar-refractivity contribution < 1.29 is 145 Å². The predicted octanol–water partition coefficient (Wildman–Crippen LogP) is 18.6. The lowest BCUT2D eigenvalue weighted by Crippen LogP contribution is -2.31. The smallest absolute Gasteiger partial charge is 0.333 e. The number of benzene rings is 4. The lowest BCUT2D eigenvalue weighted by molar-refractivity contribution is -0.438. The number of unbranched alkanes of at least 4 members (excludes halogenated alkanes) is 18. The van der Waals surface area contributed by atoms with Gasteiger partial charge in [0.2, 0.25) is 11.4 Å². The van der Waals surface area contributed by atoms with Crippen LogP contribution in [0.1, 0.15) is 296 Å². The molecular formula is C102H141N7O30S8. The summed E-state index contributed by atoms with van der Waals surface area (Å²) in [6.45, 7) is 19.3. The van der Waals surface area contributed by atoms with Gasteiger partial charge in [-0.05, 0) is 237 Å². The Kier molecular flexibility index (Phi) is 44.2. The number of fused-ring (bicyclic) bond motifs is 4. The van der Waals surface area contributed by atoms with Crippen LogP contribution in [0.5, 0.6) is 0 Å². The number of carbonyl (C=O) groups excluding carboxylic acids is 3. The number of hydrogen-bond acceptors (Lipinski definition) is 31. The Labute approximate surface area is 873 Å². The van der Waals surface area contributed by atoms with E-state index in [1.165, 1.54) is 24.3 Å². The second-order valence-corrected chi connectivity index (χ2v) is 50.6. The molecule has 2 amide bonds. The molecule has 0 radical (unpaired) electrons. The van der Waals surface area contributed by atoms with E-state index in [0.717, 1.165) is 237 Å². The highest BCUT2D eigenvalue weighted by Crippen LogP contribution is 2.52. The fourth-order valence-corrected chi connectivity index (χ4v) is 24.2. The number of anilines is 2. The molecule has 0 saturated carbocycles. The fraction of sp³-hybridized carbons (Fsp3) is 0.549. The average Bonchev–Trinajstić information content (AvgIpc) is 1.51. The number of imide groups is 1. The minimum absolute atomic E-state index is 0.0510. The highest BCUT2D eigenvalue weighted by Gasteiger charge is 2.48. The Balaban J connectivity index is 0.000000302. The molecule has 4 aromatic carbocycles. The van der Waals surface area contributed by atoms with Crippen molar-refractivity contribution >= 4 is 143 Å². The predicted molar refractivity (Wildman–Crippen MR) is 558 cm³/mol. The van der Waals surface area contributed by atoms with Crippen LogP contribution >= 0.6 is 24.1 Å². The fourth-order valence-electron chi connectivity index (χ4n) is 20.2. The monoisotopic (exact) mass is 2200 g/mol. The molecule has 0 aromatic heterocycles. The first-order chi connectivity index (χ1) is 69.2. The normalized spacial score (nSPS) is 18.4. The van der Waals surface area contributed by atoms with Crippen LogP contribution in [0.2, 0.25) is 0 Å². The average molecular weight is 2200 g/mol. The van der Waals surface area contributed by atoms with E-state index in [1.54, 1.807) is 12.1 Å². The molecule has 1 saturated heterocycles. The van der Waals surface area contributed by atoms with E-state index in [9.17, 15) is 97.0 Å². The van der Waals surface area contributed by atoms with Crippen LogP contribution in [0.3, 0.4) is 0 Å². The molecule has 5 aliphatic heterocycles. The van der Waals surface area contributed by atoms with Gasteiger partial charge in [-0.1, -0.05) is 139 Å². The molecule has 812 valence electrons. The summed E-state index contributed by atoms with van der Waals surface area (Å²) in [4.78, 5) is 56.5. The summed E-state index contributed by atoms with van der Waals surface area (Å²) in [5.41, 5.74) is 13.7. The lowest BCUT2D eigenvalue weighted by atomic mass is 9.81. The third-order valence-corrected chi connectivity index (χ3v) is 33.8. The maximum atomic E-state index is 12.3. The summed E-state index contributed by atoms with van der Waals surface area (Å²) in [7, 11) is -26.2. The summed E-state index contributed by atoms with van der Waals surface area (Å²) in [6.07, 6.45) is 39.1. The Morgan fingerprint density at radius 2 is 0.789 bits per heavy atom. The SMILES string of the molecule is CC1(C)C(/C=C/C2=C(NCCCCCCCCCCC(=O)O)C(=C/C=C3/N(CCCCS(=O)(=O)O)c4ccc(S(=O)(=O)O)cc4C3(C)C)/CCC2)=[N+](CCCCS(=O)(=O)[O-])c2ccc(SOOO)cc21.CC1(C)C(/C=C/C2=C(NCCCCCCCCCCC(=O)ON3C(=O)CCC3=O)C(=C/C=C3/N(CCCCS(=O)(=O)O)c4ccc(S(=O)(=O)O)cc4C3(C)C)/CCC2)=[N+](CCCCS(=O)(=O)[O-])c2ccc(SOOO)cc21. The number of hydroxylamine groups is 2. The van der Waals surface area contributed by atoms with Crippen LogP contribution < -0.4 is 20.4 Å². The van der Waals surface area contributed by atoms with E-state index < -0.39 is 129 Å². The summed E-state index contributed by atoms with van der Waals surface area (Å²) >= 11 is 1.70. The second kappa shape index (κ2) is 54.0. The first kappa shape index (κ1) is 120. The molecule has 4 aromatic rings. The van der Waals surface area contributed by atoms with E-state index in [0.29, 0.717) is 109 Å². The number of nitrogens with one attached hydrogen (secondary N) is 2. The quantitative estimate of drug-likeness (QED) is 0.00377. The summed E-state index contributed by atoms with van der Waals surface area (Å²) in [6, 6.07) is 20.4. The number of carboxylic acids is 1. The van der Waals surface area contributed by atoms with Gasteiger partial charge >= 0.3 is 11.9 Å². The van der Waals surface area contributed by atoms with Crippen LogP contribution in [0.15, 0.2) is 186 Å². The summed E-state index contributed by atoms with van der Waals surface area (Å²) in [5.74, 6) is -4.08. The van der Waals surface area contributed by atoms with Crippen LogP contribution in [0, 0.1) is 0 Å². The maximum Gasteiger partial charge on any atom is 0.333 e. The summed E-state index contributed by atoms with van der Waals surface area (Å²) in [5, 5.41) is 42.4. The van der Waals surface area contributed by atoms with Crippen molar-refractivity contribution in [3.8, 4) is 0 Å². The van der Waals surface area contributed by atoms with Gasteiger partial charge < -0.3 is 39.5 Å². The largest absolute Gasteiger partial charge is 0.748 e. The van der Waals surface area contributed by atoms with Crippen LogP contribution in [0.25, 0.3) is 0 Å². The van der Waals surface area contributed by atoms with Gasteiger partial charge in [0.25, 0.3) is 52.3 Å². The first-order valence-electron chi connectivity index (χ1n) is 50.1. The Morgan fingerprint density at radius 3 is 1.15 bits per heavy atom. The molecule has 0 bridgehead atoms. The van der Waals surface area contributed by atoms with E-state index in [2.05, 4.69) is 94.0 Å². The van der Waals surface area contributed by atoms with Gasteiger partial charge in [0.1, 0.15) is 13.1 Å². The molecule has 1 fully saturated rings. The number of allylic oxidation sites excluding steroid dienone is 14. The van der Waals surface area contributed by atoms with Crippen LogP contribution in [-0.2, 0) is 125 Å². The Bertz CT molecular complexity index is 6460. The minimum atomic E-state index is -4.53. The number of aliphatic carboxylic acids is 1. The number of nitrogens with zero attached hydrogens (tertiary/aromatic N) is 5. The maximum absolute atomic E-state index is 12.3. The molecular weight excluding hydrogens is 2060 g/mol. The van der Waals surface area contributed by atoms with Crippen molar-refractivity contribution in [2.24, 2.45) is 0 Å². The van der Waals surface area contributed by atoms with Gasteiger partial charge in [-0.15, -0.1) is 13.7 Å². The van der Waals surface area contributed by atoms with E-state index >= 15 is 0 Å². The van der Waals surface area contributed by atoms with Crippen molar-refractivity contribution in [2.45, 2.75) is 315 Å². The standard InChI is InChI=1S/C53H72N4O16S4.C49H69N3O14S4/c1-52(2)42-36-40(74-73-72-61)23-25-44(42)55(32-13-15-34-75(62,63)64)46(52)27-21-38-18-17-19-39(51(38)54-31-12-10-8-6-5-7-9-11-20-50(60)71-57-48(58)29-30-49(57)59)22-28-47-53(3,4)43-37-41(77(68,69)70)24-26-45(43)56(47)33-14-16-35-76(65,66)67;1-48(2)40-34-38(67-66-65-55)23-25-42(40)51(30-13-15-32-68(56,57)58)44(48)27-21-36-18-17-19-37(47(36)50-29-12-10-8-6-5-7-9-11-20-46(53)54)22-28-45-49(3,4)41-35-39(70(62,63)64)24-26-43(41)52(45)31-14-16-33-69(59,60)61/h21-28,36-37H,5-20,29-35H2,1-4H3,(H4,61,62,63,64,65,66,67,68,69,70);21-28,34-35H,5-20,29-33H2,1-4H3,(H5,53,54,55,56,57,58,59,60,61,62,63,64)/b39-22+,47-28+;37-22+,45-28+. The number of carboxylic acid groups (broad SMARTS) is 1. The van der Waals surface area contributed by atoms with Gasteiger partial charge in [-0.2, -0.15) is 42.8 Å². The number of rotatable bonds is 59. The van der Waals surface area contributed by atoms with Gasteiger partial charge in [-0.25, -0.2) is 32.1 Å². The zero-order chi connectivity index (χ0) is 108. The van der Waals surface area contributed by atoms with Crippen molar-refractivity contribution in [2.75, 3.05) is 72.1 Å². The third-order valence-electron chi connectivity index (χ3n) is 27.8. The van der Waals surface area contributed by atoms with E-state index in [1.807, 2.05) is 86.0 Å². The van der Waals surface area contributed by atoms with E-state index in [-0.39, 0.29) is 61.2 Å². The molecule has 11 rings (SSSR count). The Morgan fingerprint density at radius 1 is 0.422 bits per heavy atom. The molecule has 7 aliphatic rings. The van der Waals surface area contributed by atoms with Gasteiger partial charge in [0, 0.05) is 166 Å². The number of hydrogen-bond donors (Lipinski definition) is 9. The zero-order valence-corrected chi connectivity index (χ0v) is 91.2. The van der Waals surface area contributed by atoms with Crippen LogP contribution in [0.4, 0.5) is 22.7 Å². The third kappa shape index (κ3) is 34.9. The van der Waals surface area contributed by atoms with E-state index in [4.69, 9.17) is 29.1 Å². The topological polar surface area (TPSA) is 547 Å². The van der Waals surface area contributed by atoms with Crippen molar-refractivity contribution in [1.82, 2.24) is 15.7 Å². The zero-order valence-electron chi connectivity index (χ0n) is 84.7. The molecule has 37 nitrogen and oxygen atoms in total. The first-order valence-corrected chi connectivity index (χ1v) is 60.9. The molecule has 0 spiro atoms. The molecule has 0 unspecified atom stereocenters. The second-order valence-electron chi connectivity index (χ2n) is 40.0. The van der Waals surface area contributed by atoms with Crippen molar-refractivity contribution in [3.05, 3.63) is 189 Å². The Hall–Kier alpha value is -8.66. The molecule has 5 heterocycles. The highest BCUT2D eigenvalue weighted by atomic mass is 32.2. The molecule has 45 heteroatoms.